The summed E-state index contributed by atoms with van der Waals surface area (Å²) in [5, 5.41) is 13.5. The minimum absolute atomic E-state index is 0. The number of benzene rings is 1. The second-order valence-corrected chi connectivity index (χ2v) is 7.14. The van der Waals surface area contributed by atoms with Gasteiger partial charge in [-0.2, -0.15) is 0 Å². The molecule has 2 aromatic rings. The molecule has 2 N–H and O–H groups in total. The van der Waals surface area contributed by atoms with Gasteiger partial charge < -0.3 is 24.8 Å². The molecular formula is C22H32IN5O2. The molecule has 0 spiro atoms. The maximum atomic E-state index is 11.7. The Balaban J connectivity index is 0.00000320. The summed E-state index contributed by atoms with van der Waals surface area (Å²) in [6, 6.07) is 12.7. The van der Waals surface area contributed by atoms with Crippen LogP contribution in [0, 0.1) is 0 Å². The van der Waals surface area contributed by atoms with Crippen molar-refractivity contribution in [2.24, 2.45) is 4.99 Å². The molecule has 1 aromatic carbocycles. The number of aromatic hydroxyl groups is 1. The minimum atomic E-state index is 0. The topological polar surface area (TPSA) is 73.1 Å². The maximum absolute atomic E-state index is 11.7. The number of para-hydroxylation sites is 2. The number of hydrogen-bond donors (Lipinski definition) is 2. The number of aliphatic imine (C=N–C) groups is 1. The van der Waals surface area contributed by atoms with Crippen LogP contribution in [0.5, 0.6) is 5.75 Å². The predicted molar refractivity (Wildman–Crippen MR) is 133 cm³/mol. The van der Waals surface area contributed by atoms with E-state index in [1.54, 1.807) is 22.8 Å². The number of aryl methyl sites for hydroxylation is 1. The van der Waals surface area contributed by atoms with E-state index >= 15 is 0 Å². The molecule has 1 aliphatic heterocycles. The zero-order valence-electron chi connectivity index (χ0n) is 17.5. The zero-order valence-corrected chi connectivity index (χ0v) is 19.9. The van der Waals surface area contributed by atoms with E-state index in [1.165, 1.54) is 0 Å². The third kappa shape index (κ3) is 6.65. The number of halogens is 1. The third-order valence-electron chi connectivity index (χ3n) is 5.10. The molecule has 0 amide bonds. The summed E-state index contributed by atoms with van der Waals surface area (Å²) >= 11 is 0. The predicted octanol–water partition coefficient (Wildman–Crippen LogP) is 2.74. The van der Waals surface area contributed by atoms with Crippen LogP contribution < -0.4 is 15.8 Å². The molecule has 1 saturated heterocycles. The first-order chi connectivity index (χ1) is 14.2. The number of guanidine groups is 1. The highest BCUT2D eigenvalue weighted by Crippen LogP contribution is 2.27. The van der Waals surface area contributed by atoms with E-state index in [0.29, 0.717) is 5.75 Å². The fourth-order valence-corrected chi connectivity index (χ4v) is 3.54. The highest BCUT2D eigenvalue weighted by atomic mass is 127. The highest BCUT2D eigenvalue weighted by molar-refractivity contribution is 14.0. The molecule has 0 bridgehead atoms. The number of nitrogens with one attached hydrogen (secondary N) is 1. The van der Waals surface area contributed by atoms with E-state index < -0.39 is 0 Å². The van der Waals surface area contributed by atoms with Crippen molar-refractivity contribution in [3.63, 3.8) is 0 Å². The number of hydrogen-bond acceptors (Lipinski definition) is 4. The molecular weight excluding hydrogens is 493 g/mol. The van der Waals surface area contributed by atoms with Gasteiger partial charge in [-0.05, 0) is 38.0 Å². The van der Waals surface area contributed by atoms with Gasteiger partial charge in [-0.3, -0.25) is 9.79 Å². The first-order valence-electron chi connectivity index (χ1n) is 10.4. The molecule has 0 radical (unpaired) electrons. The largest absolute Gasteiger partial charge is 0.506 e. The smallest absolute Gasteiger partial charge is 0.250 e. The lowest BCUT2D eigenvalue weighted by atomic mass is 10.2. The second kappa shape index (κ2) is 12.5. The molecule has 0 atom stereocenters. The molecule has 0 saturated carbocycles. The van der Waals surface area contributed by atoms with E-state index in [1.807, 2.05) is 30.5 Å². The van der Waals surface area contributed by atoms with Gasteiger partial charge >= 0.3 is 0 Å². The van der Waals surface area contributed by atoms with Crippen molar-refractivity contribution in [3.8, 4) is 5.75 Å². The van der Waals surface area contributed by atoms with Crippen molar-refractivity contribution >= 4 is 35.6 Å². The maximum Gasteiger partial charge on any atom is 0.250 e. The van der Waals surface area contributed by atoms with E-state index in [9.17, 15) is 9.90 Å². The van der Waals surface area contributed by atoms with E-state index in [0.717, 1.165) is 70.3 Å². The highest BCUT2D eigenvalue weighted by Gasteiger charge is 2.21. The Morgan fingerprint density at radius 1 is 1.07 bits per heavy atom. The van der Waals surface area contributed by atoms with Gasteiger partial charge in [0.2, 0.25) is 5.56 Å². The molecule has 164 valence electrons. The second-order valence-electron chi connectivity index (χ2n) is 7.14. The van der Waals surface area contributed by atoms with Crippen molar-refractivity contribution in [2.75, 3.05) is 44.2 Å². The summed E-state index contributed by atoms with van der Waals surface area (Å²) in [4.78, 5) is 21.0. The minimum Gasteiger partial charge on any atom is -0.506 e. The normalized spacial score (nSPS) is 14.4. The molecule has 1 fully saturated rings. The molecule has 8 heteroatoms. The summed E-state index contributed by atoms with van der Waals surface area (Å²) < 4.78 is 1.74. The van der Waals surface area contributed by atoms with Crippen molar-refractivity contribution in [1.29, 1.82) is 0 Å². The van der Waals surface area contributed by atoms with Crippen LogP contribution in [-0.2, 0) is 6.54 Å². The molecule has 1 aliphatic rings. The Morgan fingerprint density at radius 2 is 1.80 bits per heavy atom. The number of anilines is 1. The van der Waals surface area contributed by atoms with Crippen molar-refractivity contribution in [3.05, 3.63) is 59.0 Å². The Labute approximate surface area is 195 Å². The third-order valence-corrected chi connectivity index (χ3v) is 5.10. The average molecular weight is 525 g/mol. The van der Waals surface area contributed by atoms with Gasteiger partial charge in [0.1, 0.15) is 5.75 Å². The number of rotatable bonds is 7. The van der Waals surface area contributed by atoms with Crippen molar-refractivity contribution in [1.82, 2.24) is 14.8 Å². The quantitative estimate of drug-likeness (QED) is 0.252. The summed E-state index contributed by atoms with van der Waals surface area (Å²) in [5.41, 5.74) is 0.942. The van der Waals surface area contributed by atoms with Gasteiger partial charge in [0.25, 0.3) is 0 Å². The Kier molecular flexibility index (Phi) is 9.99. The summed E-state index contributed by atoms with van der Waals surface area (Å²) in [5.74, 6) is 1.28. The number of phenols is 1. The molecule has 1 aromatic heterocycles. The Bertz CT molecular complexity index is 862. The number of piperazine rings is 1. The first-order valence-corrected chi connectivity index (χ1v) is 10.4. The van der Waals surface area contributed by atoms with Crippen LogP contribution in [0.25, 0.3) is 0 Å². The first kappa shape index (κ1) is 24.0. The van der Waals surface area contributed by atoms with Gasteiger partial charge in [0.15, 0.2) is 5.96 Å². The van der Waals surface area contributed by atoms with Crippen LogP contribution >= 0.6 is 24.0 Å². The summed E-state index contributed by atoms with van der Waals surface area (Å²) in [6.07, 6.45) is 3.70. The molecule has 0 aliphatic carbocycles. The van der Waals surface area contributed by atoms with Crippen LogP contribution in [0.3, 0.4) is 0 Å². The Hall–Kier alpha value is -2.23. The van der Waals surface area contributed by atoms with Crippen LogP contribution in [0.4, 0.5) is 5.69 Å². The zero-order chi connectivity index (χ0) is 20.5. The average Bonchev–Trinajstić information content (AvgIpc) is 2.74. The van der Waals surface area contributed by atoms with Crippen LogP contribution in [0.2, 0.25) is 0 Å². The standard InChI is InChI=1S/C22H31N5O2.HI/c1-2-23-22(24-12-6-8-14-26-13-7-5-11-21(26)29)27-17-15-25(16-18-27)19-9-3-4-10-20(19)28;/h3-5,7,9-11,13,28H,2,6,8,12,14-18H2,1H3,(H,23,24);1H. The lowest BCUT2D eigenvalue weighted by Crippen LogP contribution is -2.52. The number of pyridine rings is 1. The van der Waals surface area contributed by atoms with Crippen LogP contribution in [0.15, 0.2) is 58.4 Å². The van der Waals surface area contributed by atoms with Crippen molar-refractivity contribution < 1.29 is 5.11 Å². The number of nitrogens with zero attached hydrogens (tertiary/aromatic N) is 4. The fourth-order valence-electron chi connectivity index (χ4n) is 3.54. The number of unbranched alkanes of at least 4 members (excludes halogenated alkanes) is 1. The molecule has 7 nitrogen and oxygen atoms in total. The molecule has 0 unspecified atom stereocenters. The van der Waals surface area contributed by atoms with E-state index in [-0.39, 0.29) is 29.5 Å². The molecule has 2 heterocycles. The lowest BCUT2D eigenvalue weighted by Gasteiger charge is -2.37. The van der Waals surface area contributed by atoms with E-state index in [2.05, 4.69) is 22.0 Å². The van der Waals surface area contributed by atoms with Gasteiger partial charge in [0, 0.05) is 58.1 Å². The molecule has 30 heavy (non-hydrogen) atoms. The molecule has 3 rings (SSSR count). The fraction of sp³-hybridized carbons (Fsp3) is 0.455. The number of phenolic OH excluding ortho intramolecular Hbond substituents is 1. The van der Waals surface area contributed by atoms with Crippen LogP contribution in [-0.4, -0.2) is 59.8 Å². The van der Waals surface area contributed by atoms with Gasteiger partial charge in [-0.15, -0.1) is 24.0 Å². The SMILES string of the molecule is CCNC(=NCCCCn1ccccc1=O)N1CCN(c2ccccc2O)CC1.I. The van der Waals surface area contributed by atoms with Gasteiger partial charge in [0.05, 0.1) is 5.69 Å². The van der Waals surface area contributed by atoms with Crippen LogP contribution in [0.1, 0.15) is 19.8 Å². The lowest BCUT2D eigenvalue weighted by molar-refractivity contribution is 0.369. The van der Waals surface area contributed by atoms with Crippen molar-refractivity contribution in [2.45, 2.75) is 26.3 Å². The van der Waals surface area contributed by atoms with Gasteiger partial charge in [-0.25, -0.2) is 0 Å². The van der Waals surface area contributed by atoms with E-state index in [4.69, 9.17) is 4.99 Å². The monoisotopic (exact) mass is 525 g/mol. The summed E-state index contributed by atoms with van der Waals surface area (Å²) in [6.45, 7) is 7.79. The van der Waals surface area contributed by atoms with Gasteiger partial charge in [-0.1, -0.05) is 18.2 Å². The number of aromatic nitrogens is 1. The Morgan fingerprint density at radius 3 is 2.50 bits per heavy atom. The summed E-state index contributed by atoms with van der Waals surface area (Å²) in [7, 11) is 0.